The van der Waals surface area contributed by atoms with Crippen molar-refractivity contribution < 1.29 is 33.7 Å². The van der Waals surface area contributed by atoms with E-state index in [-0.39, 0.29) is 49.5 Å². The topological polar surface area (TPSA) is 118 Å². The molecule has 10 nitrogen and oxygen atoms in total. The lowest BCUT2D eigenvalue weighted by molar-refractivity contribution is -0.140. The lowest BCUT2D eigenvalue weighted by Crippen LogP contribution is -2.54. The predicted octanol–water partition coefficient (Wildman–Crippen LogP) is 5.11. The molecule has 1 saturated carbocycles. The van der Waals surface area contributed by atoms with Crippen LogP contribution < -0.4 is 10.1 Å². The first kappa shape index (κ1) is 36.6. The first-order valence-electron chi connectivity index (χ1n) is 16.7. The standard InChI is InChI=1S/C35H57N3O7/c1-23(2)14-29(22-39)36-32(40)27-17-28(21-37(20-27)34(42)45-35(5,6)7)33(41)38(30-10-11-30)19-25-15-26(24(3)4)18-31(16-25)44-13-9-12-43-8/h15-16,18,23-24,27-30,39H,9-14,17,19-22H2,1-8H3,(H,36,40)/t27-,28+,29?/m0/s1. The van der Waals surface area contributed by atoms with Crippen LogP contribution in [-0.2, 0) is 25.6 Å². The molecule has 45 heavy (non-hydrogen) atoms. The molecule has 0 bridgehead atoms. The first-order valence-corrected chi connectivity index (χ1v) is 16.7. The van der Waals surface area contributed by atoms with Gasteiger partial charge in [0, 0.05) is 45.8 Å². The lowest BCUT2D eigenvalue weighted by Gasteiger charge is -2.39. The van der Waals surface area contributed by atoms with E-state index in [1.165, 1.54) is 4.90 Å². The number of hydrogen-bond donors (Lipinski definition) is 2. The summed E-state index contributed by atoms with van der Waals surface area (Å²) < 4.78 is 16.9. The Bertz CT molecular complexity index is 1130. The third-order valence-corrected chi connectivity index (χ3v) is 8.19. The Labute approximate surface area is 270 Å². The van der Waals surface area contributed by atoms with E-state index in [9.17, 15) is 19.5 Å². The van der Waals surface area contributed by atoms with Gasteiger partial charge in [-0.05, 0) is 81.5 Å². The summed E-state index contributed by atoms with van der Waals surface area (Å²) in [5.41, 5.74) is 1.43. The molecule has 3 atom stereocenters. The number of rotatable bonds is 15. The minimum absolute atomic E-state index is 0.0537. The quantitative estimate of drug-likeness (QED) is 0.258. The highest BCUT2D eigenvalue weighted by Gasteiger charge is 2.43. The maximum atomic E-state index is 14.3. The second-order valence-corrected chi connectivity index (χ2v) is 14.5. The van der Waals surface area contributed by atoms with Crippen molar-refractivity contribution >= 4 is 17.9 Å². The number of aliphatic hydroxyl groups excluding tert-OH is 1. The number of nitrogens with zero attached hydrogens (tertiary/aromatic N) is 2. The van der Waals surface area contributed by atoms with E-state index in [2.05, 4.69) is 31.3 Å². The van der Waals surface area contributed by atoms with Gasteiger partial charge in [-0.1, -0.05) is 33.8 Å². The third kappa shape index (κ3) is 11.8. The SMILES string of the molecule is COCCCOc1cc(CN(C(=O)[C@@H]2C[C@H](C(=O)NC(CO)CC(C)C)CN(C(=O)OC(C)(C)C)C2)C2CC2)cc(C(C)C)c1. The Morgan fingerprint density at radius 2 is 1.73 bits per heavy atom. The van der Waals surface area contributed by atoms with Crippen LogP contribution >= 0.6 is 0 Å². The van der Waals surface area contributed by atoms with Gasteiger partial charge in [0.25, 0.3) is 0 Å². The average molecular weight is 632 g/mol. The van der Waals surface area contributed by atoms with Crippen molar-refractivity contribution in [3.63, 3.8) is 0 Å². The maximum Gasteiger partial charge on any atom is 0.410 e. The fourth-order valence-electron chi connectivity index (χ4n) is 5.80. The summed E-state index contributed by atoms with van der Waals surface area (Å²) in [7, 11) is 1.67. The van der Waals surface area contributed by atoms with Gasteiger partial charge < -0.3 is 34.4 Å². The molecule has 3 amide bonds. The Kier molecular flexibility index (Phi) is 13.5. The molecule has 254 valence electrons. The number of benzene rings is 1. The molecule has 1 saturated heterocycles. The number of piperidine rings is 1. The summed E-state index contributed by atoms with van der Waals surface area (Å²) in [4.78, 5) is 44.5. The van der Waals surface area contributed by atoms with E-state index in [4.69, 9.17) is 14.2 Å². The van der Waals surface area contributed by atoms with E-state index < -0.39 is 23.5 Å². The predicted molar refractivity (Wildman–Crippen MR) is 174 cm³/mol. The molecule has 10 heteroatoms. The van der Waals surface area contributed by atoms with Crippen LogP contribution in [0.3, 0.4) is 0 Å². The molecule has 2 N–H and O–H groups in total. The summed E-state index contributed by atoms with van der Waals surface area (Å²) in [5.74, 6) is -0.104. The summed E-state index contributed by atoms with van der Waals surface area (Å²) >= 11 is 0. The smallest absolute Gasteiger partial charge is 0.410 e. The highest BCUT2D eigenvalue weighted by atomic mass is 16.6. The molecule has 1 heterocycles. The lowest BCUT2D eigenvalue weighted by atomic mass is 9.87. The fourth-order valence-corrected chi connectivity index (χ4v) is 5.80. The van der Waals surface area contributed by atoms with Crippen LogP contribution in [0, 0.1) is 17.8 Å². The molecule has 0 spiro atoms. The van der Waals surface area contributed by atoms with Crippen LogP contribution in [-0.4, -0.2) is 90.5 Å². The van der Waals surface area contributed by atoms with E-state index >= 15 is 0 Å². The van der Waals surface area contributed by atoms with Crippen molar-refractivity contribution in [2.45, 2.75) is 111 Å². The van der Waals surface area contributed by atoms with Crippen molar-refractivity contribution in [2.24, 2.45) is 17.8 Å². The van der Waals surface area contributed by atoms with Crippen molar-refractivity contribution in [1.82, 2.24) is 15.1 Å². The fraction of sp³-hybridized carbons (Fsp3) is 0.743. The molecule has 2 aliphatic rings. The third-order valence-electron chi connectivity index (χ3n) is 8.19. The molecular formula is C35H57N3O7. The largest absolute Gasteiger partial charge is 0.493 e. The number of carbonyl (C=O) groups excluding carboxylic acids is 3. The molecule has 0 radical (unpaired) electrons. The normalized spacial score (nSPS) is 19.4. The molecule has 1 aliphatic carbocycles. The van der Waals surface area contributed by atoms with E-state index in [1.807, 2.05) is 24.8 Å². The minimum Gasteiger partial charge on any atom is -0.493 e. The second kappa shape index (κ2) is 16.6. The number of amides is 3. The Morgan fingerprint density at radius 3 is 2.31 bits per heavy atom. The number of carbonyl (C=O) groups is 3. The van der Waals surface area contributed by atoms with Gasteiger partial charge in [0.1, 0.15) is 11.4 Å². The Hall–Kier alpha value is -2.85. The van der Waals surface area contributed by atoms with Gasteiger partial charge in [0.15, 0.2) is 0 Å². The minimum atomic E-state index is -0.712. The molecule has 2 fully saturated rings. The monoisotopic (exact) mass is 631 g/mol. The van der Waals surface area contributed by atoms with Crippen LogP contribution in [0.4, 0.5) is 4.79 Å². The molecule has 1 aromatic carbocycles. The first-order chi connectivity index (χ1) is 21.2. The van der Waals surface area contributed by atoms with Crippen LogP contribution in [0.15, 0.2) is 18.2 Å². The number of nitrogens with one attached hydrogen (secondary N) is 1. The molecular weight excluding hydrogens is 574 g/mol. The Balaban J connectivity index is 1.84. The van der Waals surface area contributed by atoms with Gasteiger partial charge in [0.2, 0.25) is 11.8 Å². The van der Waals surface area contributed by atoms with Crippen molar-refractivity contribution in [1.29, 1.82) is 0 Å². The van der Waals surface area contributed by atoms with Gasteiger partial charge in [-0.2, -0.15) is 0 Å². The maximum absolute atomic E-state index is 14.3. The van der Waals surface area contributed by atoms with Gasteiger partial charge in [-0.3, -0.25) is 9.59 Å². The van der Waals surface area contributed by atoms with Crippen molar-refractivity contribution in [3.05, 3.63) is 29.3 Å². The van der Waals surface area contributed by atoms with Crippen LogP contribution in [0.5, 0.6) is 5.75 Å². The number of methoxy groups -OCH3 is 1. The molecule has 1 aromatic rings. The van der Waals surface area contributed by atoms with Gasteiger partial charge in [0.05, 0.1) is 31.1 Å². The molecule has 1 aliphatic heterocycles. The highest BCUT2D eigenvalue weighted by Crippen LogP contribution is 2.34. The average Bonchev–Trinajstić information content (AvgIpc) is 3.81. The zero-order valence-corrected chi connectivity index (χ0v) is 28.8. The van der Waals surface area contributed by atoms with Gasteiger partial charge >= 0.3 is 6.09 Å². The number of hydrogen-bond acceptors (Lipinski definition) is 7. The van der Waals surface area contributed by atoms with Crippen LogP contribution in [0.25, 0.3) is 0 Å². The summed E-state index contributed by atoms with van der Waals surface area (Å²) in [6.07, 6.45) is 3.07. The zero-order chi connectivity index (χ0) is 33.3. The summed E-state index contributed by atoms with van der Waals surface area (Å²) in [6.45, 7) is 15.5. The number of likely N-dealkylation sites (tertiary alicyclic amines) is 1. The van der Waals surface area contributed by atoms with E-state index in [1.54, 1.807) is 27.9 Å². The molecule has 0 aromatic heterocycles. The van der Waals surface area contributed by atoms with Crippen molar-refractivity contribution in [3.8, 4) is 5.75 Å². The summed E-state index contributed by atoms with van der Waals surface area (Å²) in [6, 6.07) is 5.95. The Morgan fingerprint density at radius 1 is 1.04 bits per heavy atom. The van der Waals surface area contributed by atoms with Crippen molar-refractivity contribution in [2.75, 3.05) is 40.0 Å². The van der Waals surface area contributed by atoms with E-state index in [0.29, 0.717) is 38.5 Å². The molecule has 1 unspecified atom stereocenters. The van der Waals surface area contributed by atoms with Gasteiger partial charge in [-0.15, -0.1) is 0 Å². The van der Waals surface area contributed by atoms with Crippen LogP contribution in [0.2, 0.25) is 0 Å². The van der Waals surface area contributed by atoms with Gasteiger partial charge in [-0.25, -0.2) is 4.79 Å². The highest BCUT2D eigenvalue weighted by molar-refractivity contribution is 5.84. The second-order valence-electron chi connectivity index (χ2n) is 14.5. The number of aliphatic hydroxyl groups is 1. The number of ether oxygens (including phenoxy) is 3. The zero-order valence-electron chi connectivity index (χ0n) is 28.8. The molecule has 3 rings (SSSR count). The van der Waals surface area contributed by atoms with E-state index in [0.717, 1.165) is 36.1 Å². The van der Waals surface area contributed by atoms with Crippen LogP contribution in [0.1, 0.15) is 97.6 Å². The summed E-state index contributed by atoms with van der Waals surface area (Å²) in [5, 5.41) is 12.9.